The number of hydrogen-bond acceptors (Lipinski definition) is 5. The van der Waals surface area contributed by atoms with Crippen LogP contribution in [0.25, 0.3) is 0 Å². The molecule has 0 atom stereocenters. The minimum atomic E-state index is -0.903. The number of rotatable bonds is 7. The Hall–Kier alpha value is -2.30. The van der Waals surface area contributed by atoms with Crippen molar-refractivity contribution in [1.82, 2.24) is 0 Å². The van der Waals surface area contributed by atoms with Gasteiger partial charge in [0.05, 0.1) is 14.2 Å². The summed E-state index contributed by atoms with van der Waals surface area (Å²) in [6.45, 7) is 2.04. The van der Waals surface area contributed by atoms with Gasteiger partial charge in [0.2, 0.25) is 5.78 Å². The molecule has 0 aliphatic heterocycles. The van der Waals surface area contributed by atoms with Gasteiger partial charge in [0, 0.05) is 5.56 Å². The number of benzene rings is 1. The van der Waals surface area contributed by atoms with Crippen LogP contribution in [-0.2, 0) is 9.47 Å². The van der Waals surface area contributed by atoms with E-state index in [1.165, 1.54) is 7.11 Å². The van der Waals surface area contributed by atoms with Crippen LogP contribution in [0.4, 0.5) is 4.79 Å². The van der Waals surface area contributed by atoms with Crippen LogP contribution in [0, 0.1) is 0 Å². The Kier molecular flexibility index (Phi) is 7.01. The molecule has 1 rings (SSSR count). The second-order valence-electron chi connectivity index (χ2n) is 4.32. The second-order valence-corrected chi connectivity index (χ2v) is 4.32. The summed E-state index contributed by atoms with van der Waals surface area (Å²) < 4.78 is 14.4. The summed E-state index contributed by atoms with van der Waals surface area (Å²) in [6.07, 6.45) is 3.26. The molecule has 21 heavy (non-hydrogen) atoms. The van der Waals surface area contributed by atoms with Crippen molar-refractivity contribution in [3.8, 4) is 5.75 Å². The Morgan fingerprint density at radius 3 is 2.33 bits per heavy atom. The summed E-state index contributed by atoms with van der Waals surface area (Å²) in [5, 5.41) is 0. The Morgan fingerprint density at radius 2 is 1.81 bits per heavy atom. The van der Waals surface area contributed by atoms with E-state index in [9.17, 15) is 9.59 Å². The lowest BCUT2D eigenvalue weighted by atomic mass is 10.1. The van der Waals surface area contributed by atoms with Crippen LogP contribution >= 0.6 is 0 Å². The smallest absolute Gasteiger partial charge is 0.497 e. The predicted octanol–water partition coefficient (Wildman–Crippen LogP) is 3.74. The number of allylic oxidation sites excluding steroid dienone is 2. The van der Waals surface area contributed by atoms with E-state index < -0.39 is 6.16 Å². The SMILES string of the molecule is CCCC/C=C(/OC(=O)OC)C(=O)c1ccc(OC)cc1. The van der Waals surface area contributed by atoms with E-state index in [-0.39, 0.29) is 11.5 Å². The summed E-state index contributed by atoms with van der Waals surface area (Å²) in [4.78, 5) is 23.6. The highest BCUT2D eigenvalue weighted by atomic mass is 16.7. The Bertz CT molecular complexity index is 502. The molecule has 0 fully saturated rings. The quantitative estimate of drug-likeness (QED) is 0.252. The van der Waals surface area contributed by atoms with Crippen molar-refractivity contribution in [2.75, 3.05) is 14.2 Å². The minimum absolute atomic E-state index is 0.0135. The first-order valence-corrected chi connectivity index (χ1v) is 6.77. The van der Waals surface area contributed by atoms with E-state index in [0.717, 1.165) is 12.8 Å². The minimum Gasteiger partial charge on any atom is -0.497 e. The van der Waals surface area contributed by atoms with Crippen LogP contribution < -0.4 is 4.74 Å². The maximum atomic E-state index is 12.3. The van der Waals surface area contributed by atoms with Crippen LogP contribution in [0.5, 0.6) is 5.75 Å². The molecule has 0 amide bonds. The van der Waals surface area contributed by atoms with Crippen molar-refractivity contribution in [3.63, 3.8) is 0 Å². The van der Waals surface area contributed by atoms with E-state index in [1.807, 2.05) is 6.92 Å². The van der Waals surface area contributed by atoms with Crippen LogP contribution in [0.15, 0.2) is 36.1 Å². The predicted molar refractivity (Wildman–Crippen MR) is 78.4 cm³/mol. The number of carbonyl (C=O) groups is 2. The monoisotopic (exact) mass is 292 g/mol. The first-order chi connectivity index (χ1) is 10.1. The molecule has 0 saturated heterocycles. The third-order valence-corrected chi connectivity index (χ3v) is 2.82. The van der Waals surface area contributed by atoms with Gasteiger partial charge in [-0.05, 0) is 43.2 Å². The lowest BCUT2D eigenvalue weighted by molar-refractivity contribution is 0.0791. The largest absolute Gasteiger partial charge is 0.513 e. The van der Waals surface area contributed by atoms with Gasteiger partial charge >= 0.3 is 6.16 Å². The van der Waals surface area contributed by atoms with Crippen molar-refractivity contribution < 1.29 is 23.8 Å². The number of Topliss-reactive ketones (excluding diaryl/α,β-unsaturated/α-hetero) is 1. The summed E-state index contributed by atoms with van der Waals surface area (Å²) in [6, 6.07) is 6.59. The average molecular weight is 292 g/mol. The number of methoxy groups -OCH3 is 2. The number of ketones is 1. The van der Waals surface area contributed by atoms with Gasteiger partial charge in [-0.25, -0.2) is 4.79 Å². The van der Waals surface area contributed by atoms with E-state index in [2.05, 4.69) is 4.74 Å². The van der Waals surface area contributed by atoms with E-state index in [4.69, 9.17) is 9.47 Å². The van der Waals surface area contributed by atoms with E-state index in [0.29, 0.717) is 17.7 Å². The number of carbonyl (C=O) groups excluding carboxylic acids is 2. The average Bonchev–Trinajstić information content (AvgIpc) is 2.53. The summed E-state index contributed by atoms with van der Waals surface area (Å²) in [5.74, 6) is 0.275. The molecule has 0 aliphatic carbocycles. The second kappa shape index (κ2) is 8.79. The van der Waals surface area contributed by atoms with Crippen LogP contribution in [0.2, 0.25) is 0 Å². The van der Waals surface area contributed by atoms with Gasteiger partial charge in [0.15, 0.2) is 5.76 Å². The molecule has 114 valence electrons. The maximum absolute atomic E-state index is 12.3. The van der Waals surface area contributed by atoms with Crippen LogP contribution in [0.3, 0.4) is 0 Å². The molecular weight excluding hydrogens is 272 g/mol. The standard InChI is InChI=1S/C16H20O5/c1-4-5-6-7-14(21-16(18)20-3)15(17)12-8-10-13(19-2)11-9-12/h7-11H,4-6H2,1-3H3/b14-7+. The van der Waals surface area contributed by atoms with E-state index in [1.54, 1.807) is 37.5 Å². The molecule has 0 unspecified atom stereocenters. The first kappa shape index (κ1) is 16.8. The molecule has 1 aromatic rings. The van der Waals surface area contributed by atoms with Crippen molar-refractivity contribution >= 4 is 11.9 Å². The molecule has 0 bridgehead atoms. The first-order valence-electron chi connectivity index (χ1n) is 6.77. The highest BCUT2D eigenvalue weighted by Crippen LogP contribution is 2.16. The van der Waals surface area contributed by atoms with Crippen molar-refractivity contribution in [2.24, 2.45) is 0 Å². The lowest BCUT2D eigenvalue weighted by Gasteiger charge is -2.08. The summed E-state index contributed by atoms with van der Waals surface area (Å²) >= 11 is 0. The Balaban J connectivity index is 2.91. The fraction of sp³-hybridized carbons (Fsp3) is 0.375. The molecule has 1 aromatic carbocycles. The third-order valence-electron chi connectivity index (χ3n) is 2.82. The molecule has 0 aliphatic rings. The van der Waals surface area contributed by atoms with Crippen molar-refractivity contribution in [2.45, 2.75) is 26.2 Å². The molecule has 5 heteroatoms. The molecular formula is C16H20O5. The molecule has 0 spiro atoms. The normalized spacial score (nSPS) is 10.9. The maximum Gasteiger partial charge on any atom is 0.513 e. The molecule has 0 heterocycles. The van der Waals surface area contributed by atoms with Gasteiger partial charge in [-0.3, -0.25) is 4.79 Å². The van der Waals surface area contributed by atoms with Crippen LogP contribution in [0.1, 0.15) is 36.5 Å². The Morgan fingerprint density at radius 1 is 1.14 bits per heavy atom. The number of ether oxygens (including phenoxy) is 3. The van der Waals surface area contributed by atoms with Gasteiger partial charge in [0.25, 0.3) is 0 Å². The molecule has 0 aromatic heterocycles. The van der Waals surface area contributed by atoms with Gasteiger partial charge in [-0.2, -0.15) is 0 Å². The zero-order chi connectivity index (χ0) is 15.7. The summed E-state index contributed by atoms with van der Waals surface area (Å²) in [5.41, 5.74) is 0.419. The molecule has 5 nitrogen and oxygen atoms in total. The zero-order valence-electron chi connectivity index (χ0n) is 12.5. The number of unbranched alkanes of at least 4 members (excludes halogenated alkanes) is 2. The van der Waals surface area contributed by atoms with E-state index >= 15 is 0 Å². The highest BCUT2D eigenvalue weighted by molar-refractivity contribution is 6.08. The van der Waals surface area contributed by atoms with Crippen molar-refractivity contribution in [1.29, 1.82) is 0 Å². The zero-order valence-corrected chi connectivity index (χ0v) is 12.5. The summed E-state index contributed by atoms with van der Waals surface area (Å²) in [7, 11) is 2.75. The third kappa shape index (κ3) is 5.30. The molecule has 0 saturated carbocycles. The molecule has 0 radical (unpaired) electrons. The highest BCUT2D eigenvalue weighted by Gasteiger charge is 2.17. The Labute approximate surface area is 124 Å². The number of hydrogen-bond donors (Lipinski definition) is 0. The fourth-order valence-electron chi connectivity index (χ4n) is 1.63. The fourth-order valence-corrected chi connectivity index (χ4v) is 1.63. The topological polar surface area (TPSA) is 61.8 Å². The van der Waals surface area contributed by atoms with Gasteiger partial charge in [-0.15, -0.1) is 0 Å². The van der Waals surface area contributed by atoms with Crippen LogP contribution in [-0.4, -0.2) is 26.2 Å². The lowest BCUT2D eigenvalue weighted by Crippen LogP contribution is -2.12. The van der Waals surface area contributed by atoms with Gasteiger partial charge in [0.1, 0.15) is 5.75 Å². The van der Waals surface area contributed by atoms with Crippen molar-refractivity contribution in [3.05, 3.63) is 41.7 Å². The molecule has 0 N–H and O–H groups in total. The van der Waals surface area contributed by atoms with Gasteiger partial charge < -0.3 is 14.2 Å². The van der Waals surface area contributed by atoms with Gasteiger partial charge in [-0.1, -0.05) is 13.3 Å².